The highest BCUT2D eigenvalue weighted by molar-refractivity contribution is 8.13. The van der Waals surface area contributed by atoms with E-state index in [9.17, 15) is 9.59 Å². The molecular formula is C17H27N7O2S2. The first-order chi connectivity index (χ1) is 13.5. The lowest BCUT2D eigenvalue weighted by Gasteiger charge is -2.21. The molecule has 0 saturated carbocycles. The average molecular weight is 426 g/mol. The third-order valence-electron chi connectivity index (χ3n) is 3.82. The quantitative estimate of drug-likeness (QED) is 0.231. The van der Waals surface area contributed by atoms with Gasteiger partial charge in [-0.15, -0.1) is 0 Å². The number of thioether (sulfide) groups is 1. The number of fused-ring (bicyclic) bond motifs is 1. The Labute approximate surface area is 173 Å². The van der Waals surface area contributed by atoms with E-state index in [-0.39, 0.29) is 11.2 Å². The molecule has 1 aromatic carbocycles. The van der Waals surface area contributed by atoms with Crippen LogP contribution in [0.1, 0.15) is 0 Å². The Balaban J connectivity index is 0.00000122. The molecule has 0 saturated heterocycles. The maximum Gasteiger partial charge on any atom is 0.328 e. The molecule has 11 heteroatoms. The van der Waals surface area contributed by atoms with Crippen molar-refractivity contribution in [1.29, 1.82) is 5.41 Å². The van der Waals surface area contributed by atoms with Crippen molar-refractivity contribution in [1.82, 2.24) is 14.5 Å². The van der Waals surface area contributed by atoms with E-state index < -0.39 is 0 Å². The third-order valence-corrected chi connectivity index (χ3v) is 4.89. The smallest absolute Gasteiger partial charge is 0.328 e. The molecule has 2 rings (SSSR count). The number of nitrogens with zero attached hydrogens (tertiary/aromatic N) is 3. The molecule has 0 aliphatic heterocycles. The molecule has 0 amide bonds. The zero-order chi connectivity index (χ0) is 20.9. The Morgan fingerprint density at radius 2 is 2.04 bits per heavy atom. The largest absolute Gasteiger partial charge is 0.390 e. The van der Waals surface area contributed by atoms with Crippen LogP contribution in [0.15, 0.2) is 38.8 Å². The number of H-pyrrole nitrogens is 1. The first-order valence-electron chi connectivity index (χ1n) is 8.59. The van der Waals surface area contributed by atoms with Crippen LogP contribution in [0.3, 0.4) is 0 Å². The standard InChI is InChI=1S/C16H23N5O2S2.CH4N2/c1-18-15(17)25-11-9-20(8-10-24)6-7-21-14(22)12-4-2-3-5-13(12)19-16(21)23;2-1-3/h2-5,24H,6-11H2,1H3,(H2,17,18)(H,19,23);1H,(H3,2,3). The SMILES string of the molecule is CN=C(N)SCCN(CCS)CCn1c(=O)[nH]c2ccccc2c1=O.N=CN. The van der Waals surface area contributed by atoms with Crippen LogP contribution in [0.4, 0.5) is 0 Å². The zero-order valence-corrected chi connectivity index (χ0v) is 17.5. The second kappa shape index (κ2) is 13.0. The lowest BCUT2D eigenvalue weighted by Crippen LogP contribution is -2.40. The van der Waals surface area contributed by atoms with Crippen LogP contribution in [0, 0.1) is 5.41 Å². The molecule has 2 aromatic rings. The second-order valence-electron chi connectivity index (χ2n) is 5.57. The summed E-state index contributed by atoms with van der Waals surface area (Å²) in [6, 6.07) is 7.03. The lowest BCUT2D eigenvalue weighted by atomic mass is 10.2. The Morgan fingerprint density at radius 3 is 2.68 bits per heavy atom. The zero-order valence-electron chi connectivity index (χ0n) is 15.8. The molecule has 0 radical (unpaired) electrons. The van der Waals surface area contributed by atoms with Gasteiger partial charge in [0.1, 0.15) is 0 Å². The van der Waals surface area contributed by atoms with E-state index in [0.29, 0.717) is 34.9 Å². The maximum atomic E-state index is 12.5. The summed E-state index contributed by atoms with van der Waals surface area (Å²) in [5, 5.41) is 6.93. The topological polar surface area (TPSA) is 146 Å². The number of rotatable bonds is 8. The van der Waals surface area contributed by atoms with Gasteiger partial charge in [0.25, 0.3) is 5.56 Å². The molecule has 1 aromatic heterocycles. The molecule has 28 heavy (non-hydrogen) atoms. The molecule has 0 aliphatic rings. The van der Waals surface area contributed by atoms with Crippen molar-refractivity contribution in [2.45, 2.75) is 6.54 Å². The highest BCUT2D eigenvalue weighted by Gasteiger charge is 2.10. The lowest BCUT2D eigenvalue weighted by molar-refractivity contribution is 0.292. The van der Waals surface area contributed by atoms with Crippen LogP contribution in [0.2, 0.25) is 0 Å². The Morgan fingerprint density at radius 1 is 1.36 bits per heavy atom. The summed E-state index contributed by atoms with van der Waals surface area (Å²) in [6.45, 7) is 2.47. The maximum absolute atomic E-state index is 12.5. The summed E-state index contributed by atoms with van der Waals surface area (Å²) in [7, 11) is 1.66. The highest BCUT2D eigenvalue weighted by Crippen LogP contribution is 2.04. The molecule has 0 spiro atoms. The fraction of sp³-hybridized carbons (Fsp3) is 0.412. The number of aromatic amines is 1. The van der Waals surface area contributed by atoms with Gasteiger partial charge in [0.05, 0.1) is 17.2 Å². The van der Waals surface area contributed by atoms with E-state index in [1.807, 2.05) is 0 Å². The van der Waals surface area contributed by atoms with Crippen LogP contribution < -0.4 is 22.7 Å². The minimum atomic E-state index is -0.383. The van der Waals surface area contributed by atoms with Crippen LogP contribution >= 0.6 is 24.4 Å². The van der Waals surface area contributed by atoms with Gasteiger partial charge in [-0.2, -0.15) is 12.6 Å². The van der Waals surface area contributed by atoms with Gasteiger partial charge >= 0.3 is 5.69 Å². The van der Waals surface area contributed by atoms with Gasteiger partial charge < -0.3 is 16.5 Å². The van der Waals surface area contributed by atoms with Crippen molar-refractivity contribution in [2.24, 2.45) is 16.5 Å². The minimum Gasteiger partial charge on any atom is -0.390 e. The monoisotopic (exact) mass is 425 g/mol. The fourth-order valence-corrected chi connectivity index (χ4v) is 3.43. The van der Waals surface area contributed by atoms with E-state index >= 15 is 0 Å². The molecule has 154 valence electrons. The molecule has 9 nitrogen and oxygen atoms in total. The normalized spacial score (nSPS) is 11.3. The van der Waals surface area contributed by atoms with Crippen molar-refractivity contribution in [3.63, 3.8) is 0 Å². The van der Waals surface area contributed by atoms with Crippen molar-refractivity contribution < 1.29 is 0 Å². The van der Waals surface area contributed by atoms with Crippen molar-refractivity contribution in [3.8, 4) is 0 Å². The minimum absolute atomic E-state index is 0.262. The average Bonchev–Trinajstić information content (AvgIpc) is 2.68. The van der Waals surface area contributed by atoms with Crippen LogP contribution in [-0.2, 0) is 6.54 Å². The molecule has 0 aliphatic carbocycles. The first-order valence-corrected chi connectivity index (χ1v) is 10.2. The number of nitrogens with one attached hydrogen (secondary N) is 2. The molecule has 0 unspecified atom stereocenters. The predicted molar refractivity (Wildman–Crippen MR) is 122 cm³/mol. The van der Waals surface area contributed by atoms with Gasteiger partial charge in [-0.05, 0) is 12.1 Å². The Bertz CT molecular complexity index is 895. The second-order valence-corrected chi connectivity index (χ2v) is 7.14. The van der Waals surface area contributed by atoms with Gasteiger partial charge in [-0.25, -0.2) is 4.79 Å². The summed E-state index contributed by atoms with van der Waals surface area (Å²) >= 11 is 5.76. The first kappa shape index (κ1) is 23.8. The van der Waals surface area contributed by atoms with E-state index in [4.69, 9.17) is 11.1 Å². The predicted octanol–water partition coefficient (Wildman–Crippen LogP) is 0.151. The van der Waals surface area contributed by atoms with Gasteiger partial charge in [-0.1, -0.05) is 23.9 Å². The van der Waals surface area contributed by atoms with Crippen molar-refractivity contribution in [3.05, 3.63) is 45.1 Å². The number of aromatic nitrogens is 2. The molecular weight excluding hydrogens is 398 g/mol. The van der Waals surface area contributed by atoms with Crippen LogP contribution in [-0.4, -0.2) is 64.1 Å². The van der Waals surface area contributed by atoms with Gasteiger partial charge in [-0.3, -0.25) is 24.7 Å². The molecule has 1 heterocycles. The number of amidine groups is 1. The molecule has 0 atom stereocenters. The number of nitrogens with two attached hydrogens (primary N) is 2. The Kier molecular flexibility index (Phi) is 11.1. The Hall–Kier alpha value is -2.24. The van der Waals surface area contributed by atoms with E-state index in [0.717, 1.165) is 25.2 Å². The van der Waals surface area contributed by atoms with E-state index in [2.05, 4.69) is 33.2 Å². The number of hydrogen-bond donors (Lipinski definition) is 5. The van der Waals surface area contributed by atoms with Crippen LogP contribution in [0.25, 0.3) is 10.9 Å². The number of thiol groups is 1. The van der Waals surface area contributed by atoms with Gasteiger partial charge in [0.2, 0.25) is 0 Å². The van der Waals surface area contributed by atoms with Crippen molar-refractivity contribution >= 4 is 46.8 Å². The molecule has 0 bridgehead atoms. The highest BCUT2D eigenvalue weighted by atomic mass is 32.2. The van der Waals surface area contributed by atoms with Crippen molar-refractivity contribution in [2.75, 3.05) is 38.2 Å². The summed E-state index contributed by atoms with van der Waals surface area (Å²) in [6.07, 6.45) is 0.750. The summed E-state index contributed by atoms with van der Waals surface area (Å²) < 4.78 is 1.25. The van der Waals surface area contributed by atoms with Gasteiger partial charge in [0, 0.05) is 44.7 Å². The summed E-state index contributed by atoms with van der Waals surface area (Å²) in [5.41, 5.74) is 9.98. The summed E-state index contributed by atoms with van der Waals surface area (Å²) in [4.78, 5) is 33.6. The van der Waals surface area contributed by atoms with E-state index in [1.54, 1.807) is 31.3 Å². The van der Waals surface area contributed by atoms with Gasteiger partial charge in [0.15, 0.2) is 5.17 Å². The number of para-hydroxylation sites is 1. The molecule has 0 fully saturated rings. The fourth-order valence-electron chi connectivity index (χ4n) is 2.46. The molecule has 6 N–H and O–H groups in total. The third kappa shape index (κ3) is 7.41. The van der Waals surface area contributed by atoms with Crippen LogP contribution in [0.5, 0.6) is 0 Å². The summed E-state index contributed by atoms with van der Waals surface area (Å²) in [5.74, 6) is 1.49. The van der Waals surface area contributed by atoms with E-state index in [1.165, 1.54) is 16.3 Å². The number of benzene rings is 1. The number of hydrogen-bond acceptors (Lipinski definition) is 7. The number of aliphatic imine (C=N–C) groups is 1.